The Morgan fingerprint density at radius 3 is 2.95 bits per heavy atom. The van der Waals surface area contributed by atoms with Gasteiger partial charge in [0.05, 0.1) is 5.69 Å². The maximum Gasteiger partial charge on any atom is 0.275 e. The topological polar surface area (TPSA) is 47.3 Å². The average molecular weight is 290 g/mol. The molecule has 3 rings (SSSR count). The zero-order valence-electron chi connectivity index (χ0n) is 9.65. The maximum atomic E-state index is 11.7. The summed E-state index contributed by atoms with van der Waals surface area (Å²) >= 11 is 7.38. The van der Waals surface area contributed by atoms with E-state index in [-0.39, 0.29) is 5.56 Å². The van der Waals surface area contributed by atoms with Gasteiger partial charge in [0.25, 0.3) is 5.56 Å². The summed E-state index contributed by atoms with van der Waals surface area (Å²) in [6, 6.07) is 8.93. The molecule has 19 heavy (non-hydrogen) atoms. The van der Waals surface area contributed by atoms with Crippen LogP contribution in [0.3, 0.4) is 0 Å². The minimum Gasteiger partial charge on any atom is -0.267 e. The van der Waals surface area contributed by atoms with Gasteiger partial charge in [-0.15, -0.1) is 0 Å². The highest BCUT2D eigenvalue weighted by atomic mass is 35.5. The second kappa shape index (κ2) is 4.95. The predicted octanol–water partition coefficient (Wildman–Crippen LogP) is 2.97. The average Bonchev–Trinajstić information content (AvgIpc) is 2.87. The summed E-state index contributed by atoms with van der Waals surface area (Å²) < 4.78 is 1.28. The van der Waals surface area contributed by atoms with E-state index in [0.29, 0.717) is 15.7 Å². The van der Waals surface area contributed by atoms with Crippen molar-refractivity contribution in [1.82, 2.24) is 14.6 Å². The molecule has 0 aliphatic carbocycles. The lowest BCUT2D eigenvalue weighted by molar-refractivity contribution is 0.897. The third-order valence-corrected chi connectivity index (χ3v) is 3.56. The van der Waals surface area contributed by atoms with E-state index in [1.165, 1.54) is 21.9 Å². The molecule has 0 spiro atoms. The third kappa shape index (κ3) is 2.43. The molecule has 0 saturated heterocycles. The normalized spacial score (nSPS) is 11.4. The minimum atomic E-state index is -0.190. The van der Waals surface area contributed by atoms with Gasteiger partial charge in [0, 0.05) is 11.1 Å². The number of rotatable bonds is 2. The molecule has 0 aliphatic rings. The van der Waals surface area contributed by atoms with E-state index in [9.17, 15) is 4.79 Å². The molecule has 6 heteroatoms. The van der Waals surface area contributed by atoms with Crippen LogP contribution in [0.2, 0.25) is 5.02 Å². The second-order valence-electron chi connectivity index (χ2n) is 3.81. The molecule has 1 aromatic carbocycles. The van der Waals surface area contributed by atoms with Crippen LogP contribution < -0.4 is 5.56 Å². The Morgan fingerprint density at radius 1 is 1.26 bits per heavy atom. The van der Waals surface area contributed by atoms with Crippen molar-refractivity contribution in [2.24, 2.45) is 0 Å². The summed E-state index contributed by atoms with van der Waals surface area (Å²) in [4.78, 5) is 16.7. The summed E-state index contributed by atoms with van der Waals surface area (Å²) in [5.74, 6) is 0. The van der Waals surface area contributed by atoms with Gasteiger partial charge in [-0.05, 0) is 17.7 Å². The smallest absolute Gasteiger partial charge is 0.267 e. The molecule has 0 radical (unpaired) electrons. The van der Waals surface area contributed by atoms with Gasteiger partial charge in [0.15, 0.2) is 0 Å². The number of nitrogens with zero attached hydrogens (tertiary/aromatic N) is 3. The number of fused-ring (bicyclic) bond motifs is 1. The zero-order chi connectivity index (χ0) is 13.2. The fraction of sp³-hybridized carbons (Fsp3) is 0. The van der Waals surface area contributed by atoms with Crippen LogP contribution in [0.5, 0.6) is 0 Å². The van der Waals surface area contributed by atoms with Gasteiger partial charge < -0.3 is 0 Å². The Hall–Kier alpha value is -1.98. The highest BCUT2D eigenvalue weighted by molar-refractivity contribution is 7.14. The Morgan fingerprint density at radius 2 is 2.11 bits per heavy atom. The van der Waals surface area contributed by atoms with Crippen molar-refractivity contribution in [2.75, 3.05) is 0 Å². The van der Waals surface area contributed by atoms with E-state index < -0.39 is 0 Å². The molecule has 0 unspecified atom stereocenters. The lowest BCUT2D eigenvalue weighted by atomic mass is 10.2. The molecule has 0 bridgehead atoms. The quantitative estimate of drug-likeness (QED) is 0.729. The van der Waals surface area contributed by atoms with Crippen molar-refractivity contribution in [1.29, 1.82) is 0 Å². The molecule has 0 atom stereocenters. The standard InChI is InChI=1S/C13H8ClN3OS/c14-11-4-2-1-3-9(11)5-6-10-7-12(18)17-13(16-10)19-8-15-17/h1-8H/b6-5+. The summed E-state index contributed by atoms with van der Waals surface area (Å²) in [6.45, 7) is 0. The molecule has 3 aromatic rings. The SMILES string of the molecule is O=c1cc(/C=C/c2ccccc2Cl)nc2scnn12. The lowest BCUT2D eigenvalue weighted by Gasteiger charge is -1.97. The molecule has 0 saturated carbocycles. The maximum absolute atomic E-state index is 11.7. The van der Waals surface area contributed by atoms with Gasteiger partial charge in [-0.1, -0.05) is 47.2 Å². The van der Waals surface area contributed by atoms with Crippen LogP contribution in [-0.4, -0.2) is 14.6 Å². The van der Waals surface area contributed by atoms with Crippen molar-refractivity contribution in [2.45, 2.75) is 0 Å². The largest absolute Gasteiger partial charge is 0.275 e. The zero-order valence-corrected chi connectivity index (χ0v) is 11.2. The summed E-state index contributed by atoms with van der Waals surface area (Å²) in [6.07, 6.45) is 3.60. The van der Waals surface area contributed by atoms with Crippen molar-refractivity contribution < 1.29 is 0 Å². The number of hydrogen-bond acceptors (Lipinski definition) is 4. The molecule has 0 amide bonds. The molecule has 0 aliphatic heterocycles. The van der Waals surface area contributed by atoms with Crippen molar-refractivity contribution in [3.8, 4) is 0 Å². The first-order valence-corrected chi connectivity index (χ1v) is 6.76. The van der Waals surface area contributed by atoms with E-state index in [4.69, 9.17) is 11.6 Å². The van der Waals surface area contributed by atoms with E-state index in [1.54, 1.807) is 11.6 Å². The molecule has 94 valence electrons. The molecular weight excluding hydrogens is 282 g/mol. The van der Waals surface area contributed by atoms with Gasteiger partial charge >= 0.3 is 0 Å². The molecular formula is C13H8ClN3OS. The van der Waals surface area contributed by atoms with Crippen LogP contribution in [0.1, 0.15) is 11.3 Å². The highest BCUT2D eigenvalue weighted by Gasteiger charge is 2.02. The fourth-order valence-electron chi connectivity index (χ4n) is 1.64. The van der Waals surface area contributed by atoms with E-state index in [2.05, 4.69) is 10.1 Å². The van der Waals surface area contributed by atoms with E-state index in [1.807, 2.05) is 30.3 Å². The van der Waals surface area contributed by atoms with Crippen LogP contribution in [0.4, 0.5) is 0 Å². The summed E-state index contributed by atoms with van der Waals surface area (Å²) in [5.41, 5.74) is 2.88. The number of benzene rings is 1. The van der Waals surface area contributed by atoms with Crippen molar-refractivity contribution in [3.63, 3.8) is 0 Å². The highest BCUT2D eigenvalue weighted by Crippen LogP contribution is 2.17. The van der Waals surface area contributed by atoms with Crippen LogP contribution in [-0.2, 0) is 0 Å². The first kappa shape index (κ1) is 12.1. The lowest BCUT2D eigenvalue weighted by Crippen LogP contribution is -2.13. The molecule has 0 N–H and O–H groups in total. The van der Waals surface area contributed by atoms with Crippen LogP contribution in [0.25, 0.3) is 17.1 Å². The monoisotopic (exact) mass is 289 g/mol. The summed E-state index contributed by atoms with van der Waals surface area (Å²) in [5, 5.41) is 4.57. The van der Waals surface area contributed by atoms with Gasteiger partial charge in [0.2, 0.25) is 4.96 Å². The Kier molecular flexibility index (Phi) is 3.15. The Bertz CT molecular complexity index is 822. The van der Waals surface area contributed by atoms with Crippen LogP contribution in [0.15, 0.2) is 40.6 Å². The van der Waals surface area contributed by atoms with E-state index >= 15 is 0 Å². The third-order valence-electron chi connectivity index (χ3n) is 2.55. The molecule has 0 fully saturated rings. The first-order chi connectivity index (χ1) is 9.24. The van der Waals surface area contributed by atoms with Crippen LogP contribution in [0, 0.1) is 0 Å². The minimum absolute atomic E-state index is 0.190. The van der Waals surface area contributed by atoms with Crippen molar-refractivity contribution >= 4 is 40.1 Å². The van der Waals surface area contributed by atoms with Gasteiger partial charge in [-0.2, -0.15) is 9.61 Å². The molecule has 2 heterocycles. The predicted molar refractivity (Wildman–Crippen MR) is 77.5 cm³/mol. The Balaban J connectivity index is 2.02. The van der Waals surface area contributed by atoms with Crippen molar-refractivity contribution in [3.05, 3.63) is 62.5 Å². The summed E-state index contributed by atoms with van der Waals surface area (Å²) in [7, 11) is 0. The van der Waals surface area contributed by atoms with Gasteiger partial charge in [-0.3, -0.25) is 4.79 Å². The number of hydrogen-bond donors (Lipinski definition) is 0. The fourth-order valence-corrected chi connectivity index (χ4v) is 2.47. The van der Waals surface area contributed by atoms with Crippen LogP contribution >= 0.6 is 22.9 Å². The molecule has 4 nitrogen and oxygen atoms in total. The number of aromatic nitrogens is 3. The van der Waals surface area contributed by atoms with E-state index in [0.717, 1.165) is 5.56 Å². The second-order valence-corrected chi connectivity index (χ2v) is 5.03. The first-order valence-electron chi connectivity index (χ1n) is 5.50. The molecule has 2 aromatic heterocycles. The van der Waals surface area contributed by atoms with Gasteiger partial charge in [-0.25, -0.2) is 4.98 Å². The van der Waals surface area contributed by atoms with Gasteiger partial charge in [0.1, 0.15) is 5.51 Å². The number of halogens is 1. The Labute approximate surface area is 117 Å².